The Morgan fingerprint density at radius 1 is 1.23 bits per heavy atom. The van der Waals surface area contributed by atoms with Crippen LogP contribution in [0, 0.1) is 13.3 Å². The third kappa shape index (κ3) is 2.10. The van der Waals surface area contributed by atoms with Crippen molar-refractivity contribution in [3.63, 3.8) is 0 Å². The van der Waals surface area contributed by atoms with Crippen molar-refractivity contribution in [1.29, 1.82) is 0 Å². The van der Waals surface area contributed by atoms with E-state index in [0.717, 1.165) is 6.54 Å². The minimum atomic E-state index is 0.481. The van der Waals surface area contributed by atoms with Crippen LogP contribution >= 0.6 is 0 Å². The van der Waals surface area contributed by atoms with Gasteiger partial charge in [-0.1, -0.05) is 29.8 Å². The van der Waals surface area contributed by atoms with E-state index < -0.39 is 0 Å². The van der Waals surface area contributed by atoms with Gasteiger partial charge in [-0.05, 0) is 38.3 Å². The van der Waals surface area contributed by atoms with Gasteiger partial charge < -0.3 is 5.32 Å². The van der Waals surface area contributed by atoms with Crippen LogP contribution in [0.5, 0.6) is 0 Å². The molecular formula is C12H16N. The SMILES string of the molecule is Cc1ccc(C2[CH]CCCN2)cc1. The molecule has 0 amide bonds. The first-order chi connectivity index (χ1) is 6.36. The Hall–Kier alpha value is -0.820. The molecule has 1 radical (unpaired) electrons. The first-order valence-electron chi connectivity index (χ1n) is 4.99. The lowest BCUT2D eigenvalue weighted by atomic mass is 9.97. The van der Waals surface area contributed by atoms with Crippen LogP contribution in [0.3, 0.4) is 0 Å². The van der Waals surface area contributed by atoms with Crippen LogP contribution in [0.4, 0.5) is 0 Å². The summed E-state index contributed by atoms with van der Waals surface area (Å²) in [6, 6.07) is 9.28. The second kappa shape index (κ2) is 3.93. The molecule has 13 heavy (non-hydrogen) atoms. The van der Waals surface area contributed by atoms with Crippen LogP contribution in [0.25, 0.3) is 0 Å². The summed E-state index contributed by atoms with van der Waals surface area (Å²) in [5, 5.41) is 3.50. The smallest absolute Gasteiger partial charge is 0.0352 e. The Morgan fingerprint density at radius 3 is 2.62 bits per heavy atom. The number of benzene rings is 1. The van der Waals surface area contributed by atoms with E-state index in [2.05, 4.69) is 42.9 Å². The summed E-state index contributed by atoms with van der Waals surface area (Å²) in [5.41, 5.74) is 2.73. The van der Waals surface area contributed by atoms with Gasteiger partial charge in [-0.3, -0.25) is 0 Å². The van der Waals surface area contributed by atoms with Crippen molar-refractivity contribution < 1.29 is 0 Å². The molecule has 1 heteroatoms. The van der Waals surface area contributed by atoms with Crippen molar-refractivity contribution in [2.45, 2.75) is 25.8 Å². The highest BCUT2D eigenvalue weighted by atomic mass is 14.9. The summed E-state index contributed by atoms with van der Waals surface area (Å²) in [4.78, 5) is 0. The Labute approximate surface area is 80.2 Å². The van der Waals surface area contributed by atoms with Gasteiger partial charge in [-0.15, -0.1) is 0 Å². The number of aryl methyl sites for hydroxylation is 1. The molecule has 1 N–H and O–H groups in total. The lowest BCUT2D eigenvalue weighted by Crippen LogP contribution is -2.27. The zero-order chi connectivity index (χ0) is 9.10. The predicted octanol–water partition coefficient (Wildman–Crippen LogP) is 2.62. The van der Waals surface area contributed by atoms with Crippen LogP contribution in [-0.4, -0.2) is 6.54 Å². The monoisotopic (exact) mass is 174 g/mol. The van der Waals surface area contributed by atoms with Crippen molar-refractivity contribution in [2.75, 3.05) is 6.54 Å². The van der Waals surface area contributed by atoms with E-state index in [-0.39, 0.29) is 0 Å². The number of rotatable bonds is 1. The summed E-state index contributed by atoms with van der Waals surface area (Å²) in [5.74, 6) is 0. The maximum atomic E-state index is 3.50. The van der Waals surface area contributed by atoms with E-state index in [0.29, 0.717) is 6.04 Å². The van der Waals surface area contributed by atoms with Gasteiger partial charge in [-0.25, -0.2) is 0 Å². The molecular weight excluding hydrogens is 158 g/mol. The Morgan fingerprint density at radius 2 is 2.00 bits per heavy atom. The standard InChI is InChI=1S/C12H16N/c1-10-5-7-11(8-6-10)12-4-2-3-9-13-12/h4-8,12-13H,2-3,9H2,1H3. The molecule has 0 aliphatic carbocycles. The predicted molar refractivity (Wildman–Crippen MR) is 55.5 cm³/mol. The van der Waals surface area contributed by atoms with E-state index in [1.165, 1.54) is 24.0 Å². The minimum Gasteiger partial charge on any atom is -0.310 e. The molecule has 0 aromatic heterocycles. The zero-order valence-electron chi connectivity index (χ0n) is 8.09. The molecule has 1 atom stereocenters. The quantitative estimate of drug-likeness (QED) is 0.690. The molecule has 1 aromatic rings. The lowest BCUT2D eigenvalue weighted by Gasteiger charge is -2.23. The fourth-order valence-corrected chi connectivity index (χ4v) is 1.76. The molecule has 1 saturated heterocycles. The number of piperidine rings is 1. The Bertz CT molecular complexity index is 257. The van der Waals surface area contributed by atoms with E-state index in [1.807, 2.05) is 0 Å². The van der Waals surface area contributed by atoms with E-state index in [1.54, 1.807) is 0 Å². The van der Waals surface area contributed by atoms with E-state index in [9.17, 15) is 0 Å². The summed E-state index contributed by atoms with van der Waals surface area (Å²) < 4.78 is 0. The normalized spacial score (nSPS) is 23.0. The van der Waals surface area contributed by atoms with Crippen molar-refractivity contribution in [2.24, 2.45) is 0 Å². The highest BCUT2D eigenvalue weighted by Crippen LogP contribution is 2.21. The lowest BCUT2D eigenvalue weighted by molar-refractivity contribution is 0.499. The van der Waals surface area contributed by atoms with Crippen LogP contribution in [0.2, 0.25) is 0 Å². The molecule has 1 nitrogen and oxygen atoms in total. The summed E-state index contributed by atoms with van der Waals surface area (Å²) >= 11 is 0. The first kappa shape index (κ1) is 8.76. The van der Waals surface area contributed by atoms with Gasteiger partial charge in [0.05, 0.1) is 0 Å². The Balaban J connectivity index is 2.10. The van der Waals surface area contributed by atoms with Crippen molar-refractivity contribution in [3.05, 3.63) is 41.8 Å². The molecule has 1 aromatic carbocycles. The fraction of sp³-hybridized carbons (Fsp3) is 0.417. The van der Waals surface area contributed by atoms with Crippen molar-refractivity contribution >= 4 is 0 Å². The third-order valence-electron chi connectivity index (χ3n) is 2.58. The maximum absolute atomic E-state index is 3.50. The summed E-state index contributed by atoms with van der Waals surface area (Å²) in [7, 11) is 0. The molecule has 2 rings (SSSR count). The van der Waals surface area contributed by atoms with Gasteiger partial charge in [0.2, 0.25) is 0 Å². The molecule has 0 bridgehead atoms. The first-order valence-corrected chi connectivity index (χ1v) is 4.99. The van der Waals surface area contributed by atoms with Crippen LogP contribution in [0.15, 0.2) is 24.3 Å². The highest BCUT2D eigenvalue weighted by molar-refractivity contribution is 5.26. The van der Waals surface area contributed by atoms with E-state index in [4.69, 9.17) is 0 Å². The molecule has 1 aliphatic heterocycles. The van der Waals surface area contributed by atoms with Crippen molar-refractivity contribution in [3.8, 4) is 0 Å². The van der Waals surface area contributed by atoms with Gasteiger partial charge in [0.15, 0.2) is 0 Å². The Kier molecular flexibility index (Phi) is 2.65. The average molecular weight is 174 g/mol. The molecule has 69 valence electrons. The molecule has 1 heterocycles. The average Bonchev–Trinajstić information content (AvgIpc) is 2.20. The second-order valence-electron chi connectivity index (χ2n) is 3.72. The topological polar surface area (TPSA) is 12.0 Å². The molecule has 1 fully saturated rings. The molecule has 1 aliphatic rings. The molecule has 0 saturated carbocycles. The number of hydrogen-bond acceptors (Lipinski definition) is 1. The van der Waals surface area contributed by atoms with Crippen molar-refractivity contribution in [1.82, 2.24) is 5.32 Å². The number of hydrogen-bond donors (Lipinski definition) is 1. The van der Waals surface area contributed by atoms with Crippen LogP contribution in [0.1, 0.15) is 30.0 Å². The van der Waals surface area contributed by atoms with Crippen LogP contribution < -0.4 is 5.32 Å². The minimum absolute atomic E-state index is 0.481. The van der Waals surface area contributed by atoms with Gasteiger partial charge >= 0.3 is 0 Å². The highest BCUT2D eigenvalue weighted by Gasteiger charge is 2.13. The van der Waals surface area contributed by atoms with Crippen LogP contribution in [-0.2, 0) is 0 Å². The second-order valence-corrected chi connectivity index (χ2v) is 3.72. The molecule has 1 unspecified atom stereocenters. The fourth-order valence-electron chi connectivity index (χ4n) is 1.76. The van der Waals surface area contributed by atoms with Gasteiger partial charge in [0, 0.05) is 6.04 Å². The summed E-state index contributed by atoms with van der Waals surface area (Å²) in [6.45, 7) is 3.27. The third-order valence-corrected chi connectivity index (χ3v) is 2.58. The van der Waals surface area contributed by atoms with E-state index >= 15 is 0 Å². The van der Waals surface area contributed by atoms with Gasteiger partial charge in [0.1, 0.15) is 0 Å². The maximum Gasteiger partial charge on any atom is 0.0352 e. The summed E-state index contributed by atoms with van der Waals surface area (Å²) in [6.07, 6.45) is 4.89. The largest absolute Gasteiger partial charge is 0.310 e. The van der Waals surface area contributed by atoms with Gasteiger partial charge in [-0.2, -0.15) is 0 Å². The number of nitrogens with one attached hydrogen (secondary N) is 1. The van der Waals surface area contributed by atoms with Gasteiger partial charge in [0.25, 0.3) is 0 Å². The molecule has 0 spiro atoms. The zero-order valence-corrected chi connectivity index (χ0v) is 8.09.